The van der Waals surface area contributed by atoms with Crippen LogP contribution < -0.4 is 25.0 Å². The van der Waals surface area contributed by atoms with Crippen LogP contribution in [0, 0.1) is 17.2 Å². The first-order chi connectivity index (χ1) is 30.1. The third-order valence-electron chi connectivity index (χ3n) is 13.3. The molecule has 5 amide bonds. The molecule has 3 aromatic rings. The summed E-state index contributed by atoms with van der Waals surface area (Å²) in [7, 11) is 0. The maximum atomic E-state index is 13.3. The molecule has 2 aromatic carbocycles. The van der Waals surface area contributed by atoms with Gasteiger partial charge in [0, 0.05) is 69.7 Å². The Balaban J connectivity index is 0.725. The van der Waals surface area contributed by atoms with Crippen molar-refractivity contribution >= 4 is 47.0 Å². The number of amides is 5. The predicted octanol–water partition coefficient (Wildman–Crippen LogP) is 4.44. The third kappa shape index (κ3) is 8.84. The molecule has 324 valence electrons. The molecule has 2 atom stereocenters. The van der Waals surface area contributed by atoms with Gasteiger partial charge in [-0.2, -0.15) is 5.26 Å². The van der Waals surface area contributed by atoms with E-state index in [-0.39, 0.29) is 48.1 Å². The van der Waals surface area contributed by atoms with Crippen molar-refractivity contribution in [3.05, 3.63) is 76.2 Å². The van der Waals surface area contributed by atoms with Crippen LogP contribution in [0.5, 0.6) is 11.5 Å². The molecule has 62 heavy (non-hydrogen) atoms. The van der Waals surface area contributed by atoms with Crippen molar-refractivity contribution in [2.24, 2.45) is 5.92 Å². The van der Waals surface area contributed by atoms with E-state index in [1.54, 1.807) is 48.8 Å². The number of hydrogen-bond donors (Lipinski definition) is 2. The first-order valence-electron chi connectivity index (χ1n) is 21.7. The van der Waals surface area contributed by atoms with Crippen LogP contribution in [-0.2, 0) is 14.3 Å². The van der Waals surface area contributed by atoms with Crippen molar-refractivity contribution in [3.8, 4) is 17.6 Å². The van der Waals surface area contributed by atoms with Gasteiger partial charge in [-0.25, -0.2) is 9.97 Å². The average molecular weight is 865 g/mol. The summed E-state index contributed by atoms with van der Waals surface area (Å²) in [6.45, 7) is 4.12. The van der Waals surface area contributed by atoms with Crippen LogP contribution in [-0.4, -0.2) is 119 Å². The number of aromatic nitrogens is 2. The molecule has 2 N–H and O–H groups in total. The Kier molecular flexibility index (Phi) is 12.1. The lowest BCUT2D eigenvalue weighted by Gasteiger charge is -2.47. The molecule has 1 aromatic heterocycles. The molecule has 17 heteroatoms. The number of benzene rings is 2. The minimum Gasteiger partial charge on any atom is -0.490 e. The lowest BCUT2D eigenvalue weighted by Crippen LogP contribution is -2.55. The Bertz CT molecular complexity index is 2260. The van der Waals surface area contributed by atoms with Gasteiger partial charge in [-0.1, -0.05) is 11.6 Å². The van der Waals surface area contributed by atoms with Crippen molar-refractivity contribution in [2.75, 3.05) is 37.7 Å². The summed E-state index contributed by atoms with van der Waals surface area (Å²) in [6, 6.07) is 11.7. The van der Waals surface area contributed by atoms with E-state index in [1.807, 2.05) is 0 Å². The Hall–Kier alpha value is -5.63. The van der Waals surface area contributed by atoms with E-state index >= 15 is 0 Å². The van der Waals surface area contributed by atoms with E-state index in [9.17, 15) is 24.0 Å². The summed E-state index contributed by atoms with van der Waals surface area (Å²) in [5.41, 5.74) is 1.15. The molecule has 9 rings (SSSR count). The van der Waals surface area contributed by atoms with Crippen molar-refractivity contribution in [3.63, 3.8) is 0 Å². The number of imide groups is 2. The molecule has 0 radical (unpaired) electrons. The van der Waals surface area contributed by atoms with E-state index in [4.69, 9.17) is 31.1 Å². The number of nitriles is 1. The molecule has 16 nitrogen and oxygen atoms in total. The summed E-state index contributed by atoms with van der Waals surface area (Å²) in [5.74, 6) is 0.0518. The number of halogens is 1. The normalized spacial score (nSPS) is 26.5. The Morgan fingerprint density at radius 2 is 1.63 bits per heavy atom. The van der Waals surface area contributed by atoms with E-state index < -0.39 is 29.7 Å². The first-order valence-corrected chi connectivity index (χ1v) is 22.1. The first kappa shape index (κ1) is 41.7. The van der Waals surface area contributed by atoms with Gasteiger partial charge in [0.1, 0.15) is 41.2 Å². The number of carbonyl (C=O) groups is 5. The van der Waals surface area contributed by atoms with Crippen LogP contribution in [0.2, 0.25) is 5.02 Å². The van der Waals surface area contributed by atoms with Gasteiger partial charge in [-0.15, -0.1) is 0 Å². The zero-order valence-corrected chi connectivity index (χ0v) is 35.1. The molecule has 4 aliphatic heterocycles. The number of nitrogens with zero attached hydrogens (tertiary/aromatic N) is 6. The summed E-state index contributed by atoms with van der Waals surface area (Å²) < 4.78 is 18.3. The zero-order valence-electron chi connectivity index (χ0n) is 34.3. The third-order valence-corrected chi connectivity index (χ3v) is 13.6. The number of anilines is 1. The highest BCUT2D eigenvalue weighted by molar-refractivity contribution is 6.31. The molecule has 5 heterocycles. The SMILES string of the molecule is N#Cc1ccc(OC2CCC(NC(=O)c3cnc(N4CCC(CN(C5CCOC5)C5CC(Oc6ccc7c(c6)C(=O)N([C@@H]6CCC(=O)NC6=O)C7=O)C5)CC4)cn3)CC2)cc1Cl. The van der Waals surface area contributed by atoms with Crippen molar-refractivity contribution < 1.29 is 38.2 Å². The monoisotopic (exact) mass is 864 g/mol. The van der Waals surface area contributed by atoms with Crippen LogP contribution in [0.15, 0.2) is 48.8 Å². The average Bonchev–Trinajstić information content (AvgIpc) is 3.89. The molecule has 1 unspecified atom stereocenters. The topological polar surface area (TPSA) is 196 Å². The highest BCUT2D eigenvalue weighted by atomic mass is 35.5. The molecule has 6 aliphatic rings. The van der Waals surface area contributed by atoms with E-state index in [0.717, 1.165) is 94.7 Å². The van der Waals surface area contributed by atoms with Gasteiger partial charge < -0.3 is 24.4 Å². The molecular formula is C45H49ClN8O8. The van der Waals surface area contributed by atoms with Gasteiger partial charge in [-0.05, 0) is 87.6 Å². The molecule has 0 bridgehead atoms. The number of hydrogen-bond acceptors (Lipinski definition) is 13. The van der Waals surface area contributed by atoms with E-state index in [2.05, 4.69) is 36.5 Å². The Morgan fingerprint density at radius 1 is 0.887 bits per heavy atom. The van der Waals surface area contributed by atoms with Crippen LogP contribution in [0.3, 0.4) is 0 Å². The van der Waals surface area contributed by atoms with Crippen molar-refractivity contribution in [1.29, 1.82) is 5.26 Å². The molecule has 3 saturated heterocycles. The zero-order chi connectivity index (χ0) is 42.9. The highest BCUT2D eigenvalue weighted by Gasteiger charge is 2.45. The van der Waals surface area contributed by atoms with Gasteiger partial charge >= 0.3 is 0 Å². The van der Waals surface area contributed by atoms with E-state index in [0.29, 0.717) is 52.4 Å². The quantitative estimate of drug-likeness (QED) is 0.243. The minimum absolute atomic E-state index is 0.0118. The van der Waals surface area contributed by atoms with Crippen molar-refractivity contribution in [1.82, 2.24) is 30.4 Å². The number of piperidine rings is 2. The lowest BCUT2D eigenvalue weighted by molar-refractivity contribution is -0.136. The number of ether oxygens (including phenoxy) is 3. The smallest absolute Gasteiger partial charge is 0.271 e. The maximum Gasteiger partial charge on any atom is 0.271 e. The lowest BCUT2D eigenvalue weighted by atomic mass is 9.85. The predicted molar refractivity (Wildman–Crippen MR) is 224 cm³/mol. The Labute approximate surface area is 364 Å². The minimum atomic E-state index is -1.01. The molecule has 2 saturated carbocycles. The molecule has 5 fully saturated rings. The maximum absolute atomic E-state index is 13.3. The largest absolute Gasteiger partial charge is 0.490 e. The summed E-state index contributed by atoms with van der Waals surface area (Å²) in [6.07, 6.45) is 11.2. The standard InChI is InChI=1S/C45H49ClN8O8/c46-37-20-33(4-1-27(37)21-47)61-31-5-2-28(3-6-31)50-42(56)38-22-49-40(23-48-38)52-14-11-26(12-15-52)24-53(29-13-16-60-25-29)30-17-34(18-30)62-32-7-8-35-36(19-32)45(59)54(44(35)58)39-9-10-41(55)51-43(39)57/h1,4,7-8,19-20,22-23,26,28-31,34,39H,2-3,5-6,9-18,24-25H2,(H,50,56)(H,51,55,57)/t28?,29?,30?,31?,34?,39-/m1/s1. The van der Waals surface area contributed by atoms with Gasteiger partial charge in [0.2, 0.25) is 11.8 Å². The van der Waals surface area contributed by atoms with Crippen LogP contribution >= 0.6 is 11.6 Å². The summed E-state index contributed by atoms with van der Waals surface area (Å²) in [4.78, 5) is 78.6. The highest BCUT2D eigenvalue weighted by Crippen LogP contribution is 2.37. The fourth-order valence-electron chi connectivity index (χ4n) is 9.68. The van der Waals surface area contributed by atoms with Crippen molar-refractivity contribution in [2.45, 2.75) is 107 Å². The number of nitrogens with one attached hydrogen (secondary N) is 2. The fourth-order valence-corrected chi connectivity index (χ4v) is 9.89. The Morgan fingerprint density at radius 3 is 2.32 bits per heavy atom. The second kappa shape index (κ2) is 18.0. The summed E-state index contributed by atoms with van der Waals surface area (Å²) >= 11 is 6.16. The van der Waals surface area contributed by atoms with Gasteiger partial charge in [0.25, 0.3) is 17.7 Å². The van der Waals surface area contributed by atoms with Gasteiger partial charge in [0.15, 0.2) is 0 Å². The van der Waals surface area contributed by atoms with E-state index in [1.165, 1.54) is 0 Å². The van der Waals surface area contributed by atoms with Gasteiger partial charge in [-0.3, -0.25) is 39.1 Å². The number of rotatable bonds is 12. The second-order valence-corrected chi connectivity index (χ2v) is 17.6. The van der Waals surface area contributed by atoms with Crippen LogP contribution in [0.25, 0.3) is 0 Å². The number of carbonyl (C=O) groups excluding carboxylic acids is 5. The fraction of sp³-hybridized carbons (Fsp3) is 0.511. The van der Waals surface area contributed by atoms with Gasteiger partial charge in [0.05, 0.1) is 46.8 Å². The molecular weight excluding hydrogens is 816 g/mol. The molecule has 0 spiro atoms. The summed E-state index contributed by atoms with van der Waals surface area (Å²) in [5, 5.41) is 14.8. The second-order valence-electron chi connectivity index (χ2n) is 17.2. The van der Waals surface area contributed by atoms with Crippen LogP contribution in [0.4, 0.5) is 5.82 Å². The van der Waals surface area contributed by atoms with Crippen LogP contribution in [0.1, 0.15) is 107 Å². The molecule has 2 aliphatic carbocycles. The number of fused-ring (bicyclic) bond motifs is 1.